The number of amides is 1. The second-order valence-corrected chi connectivity index (χ2v) is 6.65. The van der Waals surface area contributed by atoms with Crippen LogP contribution in [0, 0.1) is 11.6 Å². The van der Waals surface area contributed by atoms with E-state index in [0.717, 1.165) is 54.6 Å². The minimum Gasteiger partial charge on any atom is -0.495 e. The minimum absolute atomic E-state index is 0.000285. The molecule has 0 saturated carbocycles. The Bertz CT molecular complexity index is 808. The van der Waals surface area contributed by atoms with Crippen LogP contribution in [0.5, 0.6) is 5.75 Å². The van der Waals surface area contributed by atoms with Gasteiger partial charge in [-0.3, -0.25) is 4.79 Å². The smallest absolute Gasteiger partial charge is 0.282 e. The van der Waals surface area contributed by atoms with Crippen LogP contribution in [-0.4, -0.2) is 45.2 Å². The van der Waals surface area contributed by atoms with Gasteiger partial charge in [0.1, 0.15) is 17.4 Å². The molecule has 1 fully saturated rings. The van der Waals surface area contributed by atoms with Crippen molar-refractivity contribution in [2.45, 2.75) is 13.0 Å². The van der Waals surface area contributed by atoms with E-state index in [2.05, 4.69) is 10.2 Å². The molecule has 3 rings (SSSR count). The number of hydrogen-bond donors (Lipinski definition) is 2. The van der Waals surface area contributed by atoms with Crippen molar-refractivity contribution in [3.63, 3.8) is 0 Å². The Kier molecular flexibility index (Phi) is 5.91. The Labute approximate surface area is 157 Å². The van der Waals surface area contributed by atoms with E-state index in [4.69, 9.17) is 4.74 Å². The van der Waals surface area contributed by atoms with Crippen molar-refractivity contribution in [2.24, 2.45) is 0 Å². The lowest BCUT2D eigenvalue weighted by Crippen LogP contribution is -3.19. The molecule has 27 heavy (non-hydrogen) atoms. The molecule has 5 nitrogen and oxygen atoms in total. The highest BCUT2D eigenvalue weighted by molar-refractivity contribution is 5.93. The largest absolute Gasteiger partial charge is 0.495 e. The van der Waals surface area contributed by atoms with Crippen LogP contribution in [0.2, 0.25) is 0 Å². The van der Waals surface area contributed by atoms with Crippen LogP contribution in [0.1, 0.15) is 6.92 Å². The quantitative estimate of drug-likeness (QED) is 0.835. The molecule has 2 aromatic carbocycles. The molecule has 1 aliphatic heterocycles. The molecule has 0 unspecified atom stereocenters. The average molecular weight is 376 g/mol. The van der Waals surface area contributed by atoms with Crippen molar-refractivity contribution in [3.05, 3.63) is 54.1 Å². The van der Waals surface area contributed by atoms with Crippen LogP contribution in [0.15, 0.2) is 42.5 Å². The lowest BCUT2D eigenvalue weighted by atomic mass is 10.2. The summed E-state index contributed by atoms with van der Waals surface area (Å²) in [6.07, 6.45) is 0. The van der Waals surface area contributed by atoms with Crippen LogP contribution < -0.4 is 19.9 Å². The number of nitrogens with zero attached hydrogens (tertiary/aromatic N) is 1. The maximum atomic E-state index is 13.7. The summed E-state index contributed by atoms with van der Waals surface area (Å²) in [7, 11) is 1.65. The fourth-order valence-corrected chi connectivity index (χ4v) is 3.38. The molecule has 7 heteroatoms. The third-order valence-corrected chi connectivity index (χ3v) is 5.03. The Balaban J connectivity index is 1.59. The molecular formula is C20H24F2N3O2+. The number of nitrogens with one attached hydrogen (secondary N) is 2. The van der Waals surface area contributed by atoms with Gasteiger partial charge in [-0.05, 0) is 31.2 Å². The first-order chi connectivity index (χ1) is 13.0. The van der Waals surface area contributed by atoms with E-state index in [1.807, 2.05) is 31.2 Å². The molecule has 1 amide bonds. The van der Waals surface area contributed by atoms with E-state index in [1.165, 1.54) is 6.07 Å². The Hall–Kier alpha value is -2.67. The SMILES string of the molecule is COc1ccccc1N1CC[NH+]([C@H](C)C(=O)Nc2ccc(F)cc2F)CC1. The van der Waals surface area contributed by atoms with Crippen LogP contribution >= 0.6 is 0 Å². The summed E-state index contributed by atoms with van der Waals surface area (Å²) < 4.78 is 32.2. The van der Waals surface area contributed by atoms with Gasteiger partial charge in [0.05, 0.1) is 44.7 Å². The first-order valence-electron chi connectivity index (χ1n) is 8.98. The standard InChI is InChI=1S/C20H23F2N3O2/c1-14(20(26)23-17-8-7-15(21)13-16(17)22)24-9-11-25(12-10-24)18-5-3-4-6-19(18)27-2/h3-8,13-14H,9-12H2,1-2H3,(H,23,26)/p+1/t14-/m1/s1. The fraction of sp³-hybridized carbons (Fsp3) is 0.350. The second kappa shape index (κ2) is 8.35. The van der Waals surface area contributed by atoms with Gasteiger partial charge < -0.3 is 19.9 Å². The number of benzene rings is 2. The summed E-state index contributed by atoms with van der Waals surface area (Å²) in [5, 5.41) is 2.56. The third-order valence-electron chi connectivity index (χ3n) is 5.03. The first kappa shape index (κ1) is 19.1. The highest BCUT2D eigenvalue weighted by Gasteiger charge is 2.30. The van der Waals surface area contributed by atoms with Crippen LogP contribution in [0.4, 0.5) is 20.2 Å². The van der Waals surface area contributed by atoms with Crippen LogP contribution in [0.3, 0.4) is 0 Å². The number of para-hydroxylation sites is 2. The summed E-state index contributed by atoms with van der Waals surface area (Å²) in [5.74, 6) is -0.886. The normalized spacial score (nSPS) is 16.1. The number of quaternary nitrogens is 1. The molecule has 2 aromatic rings. The number of carbonyl (C=O) groups excluding carboxylic acids is 1. The van der Waals surface area contributed by atoms with Gasteiger partial charge in [-0.1, -0.05) is 12.1 Å². The average Bonchev–Trinajstić information content (AvgIpc) is 2.69. The molecule has 2 N–H and O–H groups in total. The van der Waals surface area contributed by atoms with Crippen molar-refractivity contribution >= 4 is 17.3 Å². The fourth-order valence-electron chi connectivity index (χ4n) is 3.38. The predicted octanol–water partition coefficient (Wildman–Crippen LogP) is 1.71. The maximum absolute atomic E-state index is 13.7. The van der Waals surface area contributed by atoms with Crippen molar-refractivity contribution in [1.29, 1.82) is 0 Å². The second-order valence-electron chi connectivity index (χ2n) is 6.65. The van der Waals surface area contributed by atoms with E-state index in [9.17, 15) is 13.6 Å². The molecule has 1 aliphatic rings. The summed E-state index contributed by atoms with van der Waals surface area (Å²) in [4.78, 5) is 15.8. The molecule has 1 atom stereocenters. The lowest BCUT2D eigenvalue weighted by molar-refractivity contribution is -0.914. The van der Waals surface area contributed by atoms with Gasteiger partial charge in [-0.15, -0.1) is 0 Å². The van der Waals surface area contributed by atoms with Gasteiger partial charge in [-0.25, -0.2) is 8.78 Å². The molecule has 0 bridgehead atoms. The minimum atomic E-state index is -0.772. The van der Waals surface area contributed by atoms with E-state index in [-0.39, 0.29) is 17.6 Å². The van der Waals surface area contributed by atoms with Gasteiger partial charge in [0, 0.05) is 6.07 Å². The molecule has 0 spiro atoms. The number of carbonyl (C=O) groups is 1. The molecule has 0 radical (unpaired) electrons. The Morgan fingerprint density at radius 2 is 1.89 bits per heavy atom. The molecule has 0 aromatic heterocycles. The number of ether oxygens (including phenoxy) is 1. The van der Waals surface area contributed by atoms with Crippen molar-refractivity contribution < 1.29 is 23.2 Å². The number of rotatable bonds is 5. The summed E-state index contributed by atoms with van der Waals surface area (Å²) in [6.45, 7) is 4.96. The monoisotopic (exact) mass is 376 g/mol. The Morgan fingerprint density at radius 3 is 2.56 bits per heavy atom. The first-order valence-corrected chi connectivity index (χ1v) is 8.98. The number of piperazine rings is 1. The summed E-state index contributed by atoms with van der Waals surface area (Å²) in [5.41, 5.74) is 1.05. The van der Waals surface area contributed by atoms with Gasteiger partial charge >= 0.3 is 0 Å². The zero-order valence-electron chi connectivity index (χ0n) is 15.5. The van der Waals surface area contributed by atoms with E-state index < -0.39 is 11.6 Å². The van der Waals surface area contributed by atoms with E-state index in [1.54, 1.807) is 7.11 Å². The van der Waals surface area contributed by atoms with Gasteiger partial charge in [0.15, 0.2) is 6.04 Å². The third kappa shape index (κ3) is 4.36. The number of halogens is 2. The van der Waals surface area contributed by atoms with Crippen molar-refractivity contribution in [3.8, 4) is 5.75 Å². The zero-order valence-corrected chi connectivity index (χ0v) is 15.5. The highest BCUT2D eigenvalue weighted by Crippen LogP contribution is 2.27. The Morgan fingerprint density at radius 1 is 1.19 bits per heavy atom. The molecule has 0 aliphatic carbocycles. The number of anilines is 2. The molecular weight excluding hydrogens is 352 g/mol. The number of methoxy groups -OCH3 is 1. The van der Waals surface area contributed by atoms with E-state index in [0.29, 0.717) is 0 Å². The van der Waals surface area contributed by atoms with Gasteiger partial charge in [0.25, 0.3) is 5.91 Å². The van der Waals surface area contributed by atoms with Crippen LogP contribution in [0.25, 0.3) is 0 Å². The van der Waals surface area contributed by atoms with Gasteiger partial charge in [-0.2, -0.15) is 0 Å². The topological polar surface area (TPSA) is 46.0 Å². The zero-order chi connectivity index (χ0) is 19.4. The molecule has 1 heterocycles. The van der Waals surface area contributed by atoms with Crippen molar-refractivity contribution in [2.75, 3.05) is 43.5 Å². The van der Waals surface area contributed by atoms with E-state index >= 15 is 0 Å². The van der Waals surface area contributed by atoms with Crippen LogP contribution in [-0.2, 0) is 4.79 Å². The summed E-state index contributed by atoms with van der Waals surface area (Å²) in [6, 6.07) is 10.7. The predicted molar refractivity (Wildman–Crippen MR) is 100 cm³/mol. The molecule has 1 saturated heterocycles. The summed E-state index contributed by atoms with van der Waals surface area (Å²) >= 11 is 0. The number of hydrogen-bond acceptors (Lipinski definition) is 3. The highest BCUT2D eigenvalue weighted by atomic mass is 19.1. The maximum Gasteiger partial charge on any atom is 0.282 e. The lowest BCUT2D eigenvalue weighted by Gasteiger charge is -2.36. The van der Waals surface area contributed by atoms with Crippen molar-refractivity contribution in [1.82, 2.24) is 0 Å². The van der Waals surface area contributed by atoms with Gasteiger partial charge in [0.2, 0.25) is 0 Å². The molecule has 144 valence electrons.